The van der Waals surface area contributed by atoms with Gasteiger partial charge in [0.25, 0.3) is 17.9 Å². The van der Waals surface area contributed by atoms with Crippen LogP contribution >= 0.6 is 22.9 Å². The number of hydrogen-bond acceptors (Lipinski definition) is 14. The molecule has 0 aliphatic carbocycles. The van der Waals surface area contributed by atoms with Crippen LogP contribution in [0.4, 0.5) is 5.13 Å². The van der Waals surface area contributed by atoms with Crippen molar-refractivity contribution in [3.8, 4) is 5.75 Å². The number of nitrogen functional groups attached to an aromatic ring is 1. The number of rotatable bonds is 13. The van der Waals surface area contributed by atoms with Gasteiger partial charge in [0.15, 0.2) is 10.8 Å². The van der Waals surface area contributed by atoms with E-state index in [0.29, 0.717) is 10.6 Å². The number of nitrogens with one attached hydrogen (secondary N) is 4. The first kappa shape index (κ1) is 34.8. The molecule has 4 rings (SSSR count). The number of nitrogens with zero attached hydrogens (tertiary/aromatic N) is 3. The third-order valence-electron chi connectivity index (χ3n) is 6.90. The molecule has 2 fully saturated rings. The number of nitrogens with two attached hydrogens (primary N) is 1. The van der Waals surface area contributed by atoms with Gasteiger partial charge in [0.2, 0.25) is 0 Å². The molecule has 0 saturated carbocycles. The quantitative estimate of drug-likeness (QED) is 0.0481. The number of amidine groups is 1. The molecule has 0 spiro atoms. The van der Waals surface area contributed by atoms with E-state index in [0.717, 1.165) is 37.3 Å². The number of carbonyl (C=O) groups excluding carboxylic acids is 2. The number of ether oxygens (including phenoxy) is 1. The number of hydroxylamine groups is 2. The summed E-state index contributed by atoms with van der Waals surface area (Å²) in [6.07, 6.45) is 0.219. The van der Waals surface area contributed by atoms with E-state index in [1.54, 1.807) is 24.3 Å². The second-order valence-corrected chi connectivity index (χ2v) is 13.3. The fourth-order valence-electron chi connectivity index (χ4n) is 4.49. The molecule has 1 unspecified atom stereocenters. The zero-order valence-electron chi connectivity index (χ0n) is 24.4. The summed E-state index contributed by atoms with van der Waals surface area (Å²) in [4.78, 5) is 46.8. The van der Waals surface area contributed by atoms with E-state index in [4.69, 9.17) is 36.9 Å². The van der Waals surface area contributed by atoms with Crippen LogP contribution in [0.3, 0.4) is 0 Å². The number of carboxylic acids is 1. The van der Waals surface area contributed by atoms with Crippen LogP contribution in [0, 0.1) is 5.41 Å². The van der Waals surface area contributed by atoms with Gasteiger partial charge in [-0.2, -0.15) is 13.5 Å². The summed E-state index contributed by atoms with van der Waals surface area (Å²) in [6, 6.07) is 5.14. The summed E-state index contributed by atoms with van der Waals surface area (Å²) >= 11 is 6.95. The topological polar surface area (TPSA) is 268 Å². The SMILES string of the molecule is CC1(C)[C@H](NC(=O)/C(=N\OC(COc2ccc(C(=N)N[C@H]3CCCNC3)cc2)C(=O)O)c2nc(N)sc2Cl)C(=O)N1OS(=O)(=O)O. The van der Waals surface area contributed by atoms with Crippen molar-refractivity contribution in [1.82, 2.24) is 26.0 Å². The molecule has 2 aliphatic rings. The van der Waals surface area contributed by atoms with Crippen molar-refractivity contribution in [1.29, 1.82) is 5.41 Å². The van der Waals surface area contributed by atoms with Gasteiger partial charge in [0, 0.05) is 18.2 Å². The van der Waals surface area contributed by atoms with Gasteiger partial charge >= 0.3 is 16.4 Å². The maximum atomic E-state index is 13.3. The predicted octanol–water partition coefficient (Wildman–Crippen LogP) is 0.139. The van der Waals surface area contributed by atoms with E-state index in [2.05, 4.69) is 30.4 Å². The Morgan fingerprint density at radius 1 is 1.33 bits per heavy atom. The number of carboxylic acid groups (broad SMARTS) is 1. The molecule has 3 heterocycles. The van der Waals surface area contributed by atoms with Crippen molar-refractivity contribution in [2.75, 3.05) is 25.4 Å². The molecular weight excluding hydrogens is 672 g/mol. The number of hydrogen-bond donors (Lipinski definition) is 7. The van der Waals surface area contributed by atoms with Crippen LogP contribution in [0.5, 0.6) is 5.75 Å². The average Bonchev–Trinajstić information content (AvgIpc) is 3.33. The van der Waals surface area contributed by atoms with E-state index in [1.165, 1.54) is 13.8 Å². The van der Waals surface area contributed by atoms with Gasteiger partial charge in [0.05, 0.1) is 5.54 Å². The lowest BCUT2D eigenvalue weighted by atomic mass is 9.84. The van der Waals surface area contributed by atoms with Gasteiger partial charge in [-0.05, 0) is 57.5 Å². The van der Waals surface area contributed by atoms with E-state index in [1.807, 2.05) is 0 Å². The Kier molecular flexibility index (Phi) is 10.7. The zero-order valence-corrected chi connectivity index (χ0v) is 26.7. The van der Waals surface area contributed by atoms with Crippen LogP contribution in [0.15, 0.2) is 29.4 Å². The Bertz CT molecular complexity index is 1630. The highest BCUT2D eigenvalue weighted by molar-refractivity contribution is 7.80. The van der Waals surface area contributed by atoms with Crippen LogP contribution < -0.4 is 26.4 Å². The molecule has 0 bridgehead atoms. The highest BCUT2D eigenvalue weighted by Gasteiger charge is 2.58. The van der Waals surface area contributed by atoms with Gasteiger partial charge in [-0.25, -0.2) is 9.78 Å². The van der Waals surface area contributed by atoms with Gasteiger partial charge < -0.3 is 36.4 Å². The van der Waals surface area contributed by atoms with E-state index in [-0.39, 0.29) is 32.8 Å². The molecule has 250 valence electrons. The number of aromatic nitrogens is 1. The minimum absolute atomic E-state index is 0.0615. The third kappa shape index (κ3) is 8.39. The Balaban J connectivity index is 1.44. The predicted molar refractivity (Wildman–Crippen MR) is 164 cm³/mol. The van der Waals surface area contributed by atoms with E-state index < -0.39 is 58.2 Å². The van der Waals surface area contributed by atoms with Gasteiger partial charge in [-0.15, -0.1) is 4.28 Å². The molecule has 2 aromatic rings. The Hall–Kier alpha value is -4.08. The maximum absolute atomic E-state index is 13.3. The first-order valence-corrected chi connectivity index (χ1v) is 16.1. The van der Waals surface area contributed by atoms with Gasteiger partial charge in [-0.1, -0.05) is 28.1 Å². The highest BCUT2D eigenvalue weighted by Crippen LogP contribution is 2.33. The third-order valence-corrected chi connectivity index (χ3v) is 8.32. The maximum Gasteiger partial charge on any atom is 0.418 e. The monoisotopic (exact) mass is 702 g/mol. The summed E-state index contributed by atoms with van der Waals surface area (Å²) in [7, 11) is -5.04. The van der Waals surface area contributed by atoms with Crippen LogP contribution in [-0.4, -0.2) is 101 Å². The largest absolute Gasteiger partial charge is 0.489 e. The van der Waals surface area contributed by atoms with Crippen molar-refractivity contribution in [2.45, 2.75) is 50.4 Å². The molecular formula is C25H31ClN8O10S2. The second-order valence-electron chi connectivity index (χ2n) is 10.6. The van der Waals surface area contributed by atoms with Crippen molar-refractivity contribution < 1.29 is 46.3 Å². The molecule has 21 heteroatoms. The molecule has 1 aromatic heterocycles. The summed E-state index contributed by atoms with van der Waals surface area (Å²) in [6.45, 7) is 3.82. The number of β-lactam (4-membered cyclic amide) rings is 1. The summed E-state index contributed by atoms with van der Waals surface area (Å²) in [5, 5.41) is 30.7. The molecule has 3 atom stereocenters. The Morgan fingerprint density at radius 2 is 2.02 bits per heavy atom. The van der Waals surface area contributed by atoms with Crippen molar-refractivity contribution >= 4 is 67.8 Å². The number of halogens is 1. The fourth-order valence-corrected chi connectivity index (χ4v) is 5.87. The molecule has 1 aromatic carbocycles. The molecule has 2 saturated heterocycles. The summed E-state index contributed by atoms with van der Waals surface area (Å²) in [5.74, 6) is -3.13. The fraction of sp³-hybridized carbons (Fsp3) is 0.440. The molecule has 18 nitrogen and oxygen atoms in total. The molecule has 8 N–H and O–H groups in total. The Labute approximate surface area is 271 Å². The first-order valence-electron chi connectivity index (χ1n) is 13.6. The molecule has 0 radical (unpaired) electrons. The number of piperidine rings is 1. The first-order chi connectivity index (χ1) is 21.6. The van der Waals surface area contributed by atoms with Crippen molar-refractivity contribution in [3.63, 3.8) is 0 Å². The lowest BCUT2D eigenvalue weighted by molar-refractivity contribution is -0.218. The number of oxime groups is 1. The van der Waals surface area contributed by atoms with Crippen LogP contribution in [-0.2, 0) is 33.9 Å². The average molecular weight is 703 g/mol. The van der Waals surface area contributed by atoms with E-state index in [9.17, 15) is 27.9 Å². The summed E-state index contributed by atoms with van der Waals surface area (Å²) < 4.78 is 40.9. The number of carbonyl (C=O) groups is 3. The zero-order chi connectivity index (χ0) is 33.8. The van der Waals surface area contributed by atoms with Gasteiger partial charge in [0.1, 0.15) is 34.3 Å². The second kappa shape index (κ2) is 14.1. The minimum atomic E-state index is -5.04. The molecule has 2 amide bonds. The Morgan fingerprint density at radius 3 is 2.57 bits per heavy atom. The normalized spacial score (nSPS) is 20.3. The number of aliphatic carboxylic acids is 1. The standard InChI is InChI=1S/C25H31ClN8O10S2/c1-25(2)18(22(36)34(25)44-46(39,40)41)32-21(35)17(16-19(26)45-24(28)31-16)33-43-15(23(37)38)11-42-14-7-5-12(6-8-14)20(27)30-13-4-3-9-29-10-13/h5-8,13,15,18,29H,3-4,9-11H2,1-2H3,(H2,27,30)(H2,28,31)(H,32,35)(H,37,38)(H,39,40,41)/b33-17-/t13-,15?,18+/m0/s1. The number of benzene rings is 1. The minimum Gasteiger partial charge on any atom is -0.489 e. The lowest BCUT2D eigenvalue weighted by Gasteiger charge is -2.50. The number of thiazole rings is 1. The number of anilines is 1. The van der Waals surface area contributed by atoms with E-state index >= 15 is 0 Å². The van der Waals surface area contributed by atoms with Crippen LogP contribution in [0.2, 0.25) is 4.34 Å². The van der Waals surface area contributed by atoms with Crippen LogP contribution in [0.1, 0.15) is 37.9 Å². The van der Waals surface area contributed by atoms with Crippen LogP contribution in [0.25, 0.3) is 0 Å². The molecule has 46 heavy (non-hydrogen) atoms. The van der Waals surface area contributed by atoms with Gasteiger partial charge in [-0.3, -0.25) is 19.6 Å². The number of amides is 2. The summed E-state index contributed by atoms with van der Waals surface area (Å²) in [5.41, 5.74) is 3.90. The van der Waals surface area contributed by atoms with Crippen molar-refractivity contribution in [3.05, 3.63) is 39.9 Å². The molecule has 2 aliphatic heterocycles. The smallest absolute Gasteiger partial charge is 0.418 e. The lowest BCUT2D eigenvalue weighted by Crippen LogP contribution is -2.76. The van der Waals surface area contributed by atoms with Crippen molar-refractivity contribution in [2.24, 2.45) is 5.16 Å². The highest BCUT2D eigenvalue weighted by atomic mass is 35.5.